The molecule has 0 aromatic rings. The predicted molar refractivity (Wildman–Crippen MR) is 68.0 cm³/mol. The fourth-order valence-corrected chi connectivity index (χ4v) is 3.01. The summed E-state index contributed by atoms with van der Waals surface area (Å²) in [5.74, 6) is 1.34. The lowest BCUT2D eigenvalue weighted by Crippen LogP contribution is -2.34. The zero-order chi connectivity index (χ0) is 12.1. The van der Waals surface area contributed by atoms with Gasteiger partial charge in [-0.05, 0) is 44.7 Å². The van der Waals surface area contributed by atoms with Gasteiger partial charge in [-0.25, -0.2) is 0 Å². The standard InChI is InChI=1S/C14H25NO2/c1-11-3-2-4-12(9-11)14(16)10-17-13-5-7-15-8-6-13/h11-13,15H,2-10H2,1H3. The second-order valence-electron chi connectivity index (χ2n) is 5.70. The Kier molecular flexibility index (Phi) is 4.99. The highest BCUT2D eigenvalue weighted by Crippen LogP contribution is 2.29. The molecule has 1 aliphatic carbocycles. The largest absolute Gasteiger partial charge is 0.370 e. The van der Waals surface area contributed by atoms with Crippen molar-refractivity contribution in [1.82, 2.24) is 5.32 Å². The highest BCUT2D eigenvalue weighted by atomic mass is 16.5. The first-order valence-corrected chi connectivity index (χ1v) is 7.10. The van der Waals surface area contributed by atoms with Crippen molar-refractivity contribution in [2.24, 2.45) is 11.8 Å². The van der Waals surface area contributed by atoms with E-state index >= 15 is 0 Å². The normalized spacial score (nSPS) is 31.4. The number of piperidine rings is 1. The van der Waals surface area contributed by atoms with Gasteiger partial charge in [0.2, 0.25) is 0 Å². The molecular formula is C14H25NO2. The number of ether oxygens (including phenoxy) is 1. The Bertz CT molecular complexity index is 249. The van der Waals surface area contributed by atoms with Crippen molar-refractivity contribution in [3.63, 3.8) is 0 Å². The van der Waals surface area contributed by atoms with Crippen LogP contribution in [0.1, 0.15) is 45.4 Å². The second kappa shape index (κ2) is 6.50. The fraction of sp³-hybridized carbons (Fsp3) is 0.929. The van der Waals surface area contributed by atoms with Crippen LogP contribution < -0.4 is 5.32 Å². The minimum Gasteiger partial charge on any atom is -0.370 e. The Morgan fingerprint density at radius 1 is 1.24 bits per heavy atom. The van der Waals surface area contributed by atoms with Crippen molar-refractivity contribution >= 4 is 5.78 Å². The van der Waals surface area contributed by atoms with Crippen LogP contribution in [0, 0.1) is 11.8 Å². The predicted octanol–water partition coefficient (Wildman–Crippen LogP) is 2.15. The molecule has 2 rings (SSSR count). The van der Waals surface area contributed by atoms with Gasteiger partial charge < -0.3 is 10.1 Å². The van der Waals surface area contributed by atoms with Gasteiger partial charge >= 0.3 is 0 Å². The highest BCUT2D eigenvalue weighted by Gasteiger charge is 2.25. The van der Waals surface area contributed by atoms with Gasteiger partial charge in [-0.3, -0.25) is 4.79 Å². The van der Waals surface area contributed by atoms with E-state index in [0.717, 1.165) is 44.7 Å². The van der Waals surface area contributed by atoms with Gasteiger partial charge in [0.25, 0.3) is 0 Å². The van der Waals surface area contributed by atoms with Crippen LogP contribution in [0.4, 0.5) is 0 Å². The number of rotatable bonds is 4. The van der Waals surface area contributed by atoms with E-state index in [1.165, 1.54) is 12.8 Å². The molecule has 1 saturated carbocycles. The monoisotopic (exact) mass is 239 g/mol. The van der Waals surface area contributed by atoms with Gasteiger partial charge in [0.15, 0.2) is 5.78 Å². The Morgan fingerprint density at radius 2 is 2.00 bits per heavy atom. The van der Waals surface area contributed by atoms with Gasteiger partial charge in [-0.2, -0.15) is 0 Å². The molecule has 2 fully saturated rings. The van der Waals surface area contributed by atoms with Crippen molar-refractivity contribution in [2.45, 2.75) is 51.6 Å². The lowest BCUT2D eigenvalue weighted by Gasteiger charge is -2.27. The van der Waals surface area contributed by atoms with Crippen LogP contribution in [0.2, 0.25) is 0 Å². The first kappa shape index (κ1) is 13.0. The molecule has 0 aromatic heterocycles. The maximum absolute atomic E-state index is 12.0. The van der Waals surface area contributed by atoms with Crippen molar-refractivity contribution < 1.29 is 9.53 Å². The lowest BCUT2D eigenvalue weighted by atomic mass is 9.80. The number of hydrogen-bond donors (Lipinski definition) is 1. The fourth-order valence-electron chi connectivity index (χ4n) is 3.01. The molecule has 3 heteroatoms. The van der Waals surface area contributed by atoms with E-state index in [2.05, 4.69) is 12.2 Å². The number of carbonyl (C=O) groups is 1. The van der Waals surface area contributed by atoms with E-state index in [1.54, 1.807) is 0 Å². The van der Waals surface area contributed by atoms with Gasteiger partial charge in [0.1, 0.15) is 6.61 Å². The molecule has 0 aromatic carbocycles. The van der Waals surface area contributed by atoms with Crippen molar-refractivity contribution in [3.8, 4) is 0 Å². The first-order chi connectivity index (χ1) is 8.25. The average Bonchev–Trinajstić information content (AvgIpc) is 2.37. The molecule has 0 bridgehead atoms. The molecule has 0 radical (unpaired) electrons. The minimum absolute atomic E-state index is 0.278. The van der Waals surface area contributed by atoms with Crippen molar-refractivity contribution in [1.29, 1.82) is 0 Å². The third kappa shape index (κ3) is 4.07. The molecule has 1 N–H and O–H groups in total. The summed E-state index contributed by atoms with van der Waals surface area (Å²) in [4.78, 5) is 12.0. The van der Waals surface area contributed by atoms with E-state index in [9.17, 15) is 4.79 Å². The minimum atomic E-state index is 0.278. The number of carbonyl (C=O) groups excluding carboxylic acids is 1. The quantitative estimate of drug-likeness (QED) is 0.817. The molecular weight excluding hydrogens is 214 g/mol. The Balaban J connectivity index is 1.69. The van der Waals surface area contributed by atoms with Gasteiger partial charge in [0, 0.05) is 5.92 Å². The maximum atomic E-state index is 12.0. The third-order valence-electron chi connectivity index (χ3n) is 4.14. The van der Waals surface area contributed by atoms with Crippen LogP contribution in [0.3, 0.4) is 0 Å². The smallest absolute Gasteiger partial charge is 0.161 e. The number of Topliss-reactive ketones (excluding diaryl/α,β-unsaturated/α-hetero) is 1. The van der Waals surface area contributed by atoms with Gasteiger partial charge in [-0.1, -0.05) is 19.8 Å². The summed E-state index contributed by atoms with van der Waals surface area (Å²) in [7, 11) is 0. The molecule has 2 unspecified atom stereocenters. The van der Waals surface area contributed by atoms with Crippen LogP contribution in [-0.2, 0) is 9.53 Å². The Hall–Kier alpha value is -0.410. The summed E-state index contributed by atoms with van der Waals surface area (Å²) in [6, 6.07) is 0. The number of hydrogen-bond acceptors (Lipinski definition) is 3. The molecule has 17 heavy (non-hydrogen) atoms. The lowest BCUT2D eigenvalue weighted by molar-refractivity contribution is -0.131. The number of nitrogens with one attached hydrogen (secondary N) is 1. The third-order valence-corrected chi connectivity index (χ3v) is 4.14. The van der Waals surface area contributed by atoms with E-state index in [-0.39, 0.29) is 5.92 Å². The molecule has 1 heterocycles. The van der Waals surface area contributed by atoms with E-state index < -0.39 is 0 Å². The summed E-state index contributed by atoms with van der Waals surface area (Å²) < 4.78 is 5.74. The van der Waals surface area contributed by atoms with Gasteiger partial charge in [0.05, 0.1) is 6.10 Å². The summed E-state index contributed by atoms with van der Waals surface area (Å²) in [5, 5.41) is 3.31. The average molecular weight is 239 g/mol. The van der Waals surface area contributed by atoms with Crippen LogP contribution in [0.25, 0.3) is 0 Å². The zero-order valence-corrected chi connectivity index (χ0v) is 10.9. The summed E-state index contributed by atoms with van der Waals surface area (Å²) >= 11 is 0. The Morgan fingerprint density at radius 3 is 2.71 bits per heavy atom. The molecule has 1 aliphatic heterocycles. The summed E-state index contributed by atoms with van der Waals surface area (Å²) in [5.41, 5.74) is 0. The molecule has 2 atom stereocenters. The van der Waals surface area contributed by atoms with Crippen molar-refractivity contribution in [3.05, 3.63) is 0 Å². The molecule has 98 valence electrons. The van der Waals surface area contributed by atoms with Crippen LogP contribution in [0.15, 0.2) is 0 Å². The molecule has 0 spiro atoms. The van der Waals surface area contributed by atoms with Crippen LogP contribution in [0.5, 0.6) is 0 Å². The first-order valence-electron chi connectivity index (χ1n) is 7.10. The van der Waals surface area contributed by atoms with Crippen LogP contribution in [-0.4, -0.2) is 31.6 Å². The molecule has 0 amide bonds. The van der Waals surface area contributed by atoms with E-state index in [4.69, 9.17) is 4.74 Å². The second-order valence-corrected chi connectivity index (χ2v) is 5.70. The van der Waals surface area contributed by atoms with Crippen LogP contribution >= 0.6 is 0 Å². The Labute approximate surface area is 104 Å². The van der Waals surface area contributed by atoms with E-state index in [0.29, 0.717) is 18.5 Å². The molecule has 3 nitrogen and oxygen atoms in total. The number of ketones is 1. The van der Waals surface area contributed by atoms with E-state index in [1.807, 2.05) is 0 Å². The topological polar surface area (TPSA) is 38.3 Å². The summed E-state index contributed by atoms with van der Waals surface area (Å²) in [6.45, 7) is 4.66. The zero-order valence-electron chi connectivity index (χ0n) is 10.9. The van der Waals surface area contributed by atoms with Gasteiger partial charge in [-0.15, -0.1) is 0 Å². The summed E-state index contributed by atoms with van der Waals surface area (Å²) in [6.07, 6.45) is 7.07. The SMILES string of the molecule is CC1CCCC(C(=O)COC2CCNCC2)C1. The molecule has 2 aliphatic rings. The highest BCUT2D eigenvalue weighted by molar-refractivity contribution is 5.82. The maximum Gasteiger partial charge on any atom is 0.161 e. The molecule has 1 saturated heterocycles. The van der Waals surface area contributed by atoms with Crippen molar-refractivity contribution in [2.75, 3.05) is 19.7 Å².